The van der Waals surface area contributed by atoms with Crippen molar-refractivity contribution in [3.8, 4) is 5.75 Å². The van der Waals surface area contributed by atoms with Gasteiger partial charge >= 0.3 is 4.87 Å². The summed E-state index contributed by atoms with van der Waals surface area (Å²) in [5, 5.41) is 0. The monoisotopic (exact) mass is 285 g/mol. The Morgan fingerprint density at radius 1 is 1.10 bits per heavy atom. The van der Waals surface area contributed by atoms with Gasteiger partial charge in [0.25, 0.3) is 0 Å². The Morgan fingerprint density at radius 2 is 1.90 bits per heavy atom. The summed E-state index contributed by atoms with van der Waals surface area (Å²) in [6.07, 6.45) is 0. The van der Waals surface area contributed by atoms with Gasteiger partial charge in [0, 0.05) is 0 Å². The van der Waals surface area contributed by atoms with E-state index in [0.717, 1.165) is 16.0 Å². The van der Waals surface area contributed by atoms with E-state index in [1.54, 1.807) is 4.57 Å². The highest BCUT2D eigenvalue weighted by atomic mass is 32.1. The summed E-state index contributed by atoms with van der Waals surface area (Å²) >= 11 is 1.25. The quantitative estimate of drug-likeness (QED) is 0.734. The zero-order valence-electron chi connectivity index (χ0n) is 11.4. The maximum absolute atomic E-state index is 12.0. The van der Waals surface area contributed by atoms with Crippen molar-refractivity contribution in [1.82, 2.24) is 4.57 Å². The SMILES string of the molecule is Cc1ccc(OCn2c(=O)sc3ccccc32)cc1C. The molecule has 0 saturated heterocycles. The Hall–Kier alpha value is -2.07. The molecule has 3 aromatic rings. The third-order valence-electron chi connectivity index (χ3n) is 3.41. The van der Waals surface area contributed by atoms with Crippen molar-refractivity contribution < 1.29 is 4.74 Å². The van der Waals surface area contributed by atoms with E-state index < -0.39 is 0 Å². The van der Waals surface area contributed by atoms with Crippen LogP contribution >= 0.6 is 11.3 Å². The Balaban J connectivity index is 1.88. The molecule has 0 unspecified atom stereocenters. The number of para-hydroxylation sites is 1. The summed E-state index contributed by atoms with van der Waals surface area (Å²) in [5.74, 6) is 0.787. The third-order valence-corrected chi connectivity index (χ3v) is 4.37. The molecule has 0 amide bonds. The Labute approximate surface area is 121 Å². The molecule has 2 aromatic carbocycles. The average Bonchev–Trinajstić information content (AvgIpc) is 2.76. The maximum Gasteiger partial charge on any atom is 0.310 e. The fourth-order valence-corrected chi connectivity index (χ4v) is 2.96. The first kappa shape index (κ1) is 12.9. The van der Waals surface area contributed by atoms with Crippen molar-refractivity contribution in [1.29, 1.82) is 0 Å². The number of rotatable bonds is 3. The number of ether oxygens (including phenoxy) is 1. The predicted octanol–water partition coefficient (Wildman–Crippen LogP) is 3.72. The van der Waals surface area contributed by atoms with E-state index in [4.69, 9.17) is 4.74 Å². The number of benzene rings is 2. The average molecular weight is 285 g/mol. The number of hydrogen-bond acceptors (Lipinski definition) is 3. The molecule has 1 aromatic heterocycles. The van der Waals surface area contributed by atoms with E-state index in [0.29, 0.717) is 0 Å². The number of fused-ring (bicyclic) bond motifs is 1. The second kappa shape index (κ2) is 5.13. The van der Waals surface area contributed by atoms with Crippen LogP contribution in [0.15, 0.2) is 47.3 Å². The largest absolute Gasteiger partial charge is 0.473 e. The van der Waals surface area contributed by atoms with Crippen molar-refractivity contribution in [2.24, 2.45) is 0 Å². The topological polar surface area (TPSA) is 31.2 Å². The molecule has 0 spiro atoms. The summed E-state index contributed by atoms with van der Waals surface area (Å²) in [6, 6.07) is 13.7. The second-order valence-corrected chi connectivity index (χ2v) is 5.78. The van der Waals surface area contributed by atoms with Gasteiger partial charge in [0.1, 0.15) is 5.75 Å². The van der Waals surface area contributed by atoms with E-state index in [1.807, 2.05) is 49.4 Å². The lowest BCUT2D eigenvalue weighted by Crippen LogP contribution is -2.16. The summed E-state index contributed by atoms with van der Waals surface area (Å²) in [7, 11) is 0. The molecule has 0 aliphatic heterocycles. The maximum atomic E-state index is 12.0. The van der Waals surface area contributed by atoms with Crippen molar-refractivity contribution in [3.63, 3.8) is 0 Å². The summed E-state index contributed by atoms with van der Waals surface area (Å²) < 4.78 is 8.39. The third kappa shape index (κ3) is 2.34. The molecule has 0 N–H and O–H groups in total. The molecule has 1 heterocycles. The molecule has 0 radical (unpaired) electrons. The smallest absolute Gasteiger partial charge is 0.310 e. The molecule has 0 saturated carbocycles. The fourth-order valence-electron chi connectivity index (χ4n) is 2.08. The minimum atomic E-state index is 0.00929. The number of aromatic nitrogens is 1. The Bertz CT molecular complexity index is 817. The van der Waals surface area contributed by atoms with E-state index >= 15 is 0 Å². The van der Waals surface area contributed by atoms with E-state index in [-0.39, 0.29) is 11.6 Å². The molecular formula is C16H15NO2S. The molecule has 3 rings (SSSR count). The van der Waals surface area contributed by atoms with E-state index in [9.17, 15) is 4.79 Å². The molecule has 0 fully saturated rings. The molecule has 3 nitrogen and oxygen atoms in total. The van der Waals surface area contributed by atoms with Crippen LogP contribution in [0.2, 0.25) is 0 Å². The zero-order valence-corrected chi connectivity index (χ0v) is 12.2. The van der Waals surface area contributed by atoms with Crippen molar-refractivity contribution in [3.05, 3.63) is 63.3 Å². The minimum Gasteiger partial charge on any atom is -0.473 e. The molecule has 0 bridgehead atoms. The second-order valence-electron chi connectivity index (χ2n) is 4.78. The van der Waals surface area contributed by atoms with Gasteiger partial charge in [0.15, 0.2) is 6.73 Å². The highest BCUT2D eigenvalue weighted by Crippen LogP contribution is 2.19. The van der Waals surface area contributed by atoms with Crippen molar-refractivity contribution >= 4 is 21.6 Å². The number of thiazole rings is 1. The molecule has 0 atom stereocenters. The van der Waals surface area contributed by atoms with Crippen LogP contribution in [-0.2, 0) is 6.73 Å². The van der Waals surface area contributed by atoms with Crippen LogP contribution in [0.3, 0.4) is 0 Å². The minimum absolute atomic E-state index is 0.00929. The Kier molecular flexibility index (Phi) is 3.32. The fraction of sp³-hybridized carbons (Fsp3) is 0.188. The lowest BCUT2D eigenvalue weighted by molar-refractivity contribution is 0.239. The van der Waals surface area contributed by atoms with Gasteiger partial charge in [-0.3, -0.25) is 9.36 Å². The van der Waals surface area contributed by atoms with Crippen LogP contribution in [-0.4, -0.2) is 4.57 Å². The summed E-state index contributed by atoms with van der Waals surface area (Å²) in [6.45, 7) is 4.36. The molecular weight excluding hydrogens is 270 g/mol. The van der Waals surface area contributed by atoms with Gasteiger partial charge in [-0.1, -0.05) is 29.5 Å². The van der Waals surface area contributed by atoms with Crippen LogP contribution in [0.1, 0.15) is 11.1 Å². The highest BCUT2D eigenvalue weighted by Gasteiger charge is 2.07. The lowest BCUT2D eigenvalue weighted by Gasteiger charge is -2.09. The van der Waals surface area contributed by atoms with Gasteiger partial charge in [-0.25, -0.2) is 0 Å². The van der Waals surface area contributed by atoms with Gasteiger partial charge in [0.05, 0.1) is 10.2 Å². The Morgan fingerprint density at radius 3 is 2.70 bits per heavy atom. The number of nitrogens with zero attached hydrogens (tertiary/aromatic N) is 1. The van der Waals surface area contributed by atoms with Crippen LogP contribution in [0.4, 0.5) is 0 Å². The van der Waals surface area contributed by atoms with Crippen LogP contribution in [0.25, 0.3) is 10.2 Å². The zero-order chi connectivity index (χ0) is 14.1. The van der Waals surface area contributed by atoms with Gasteiger partial charge in [-0.15, -0.1) is 0 Å². The lowest BCUT2D eigenvalue weighted by atomic mass is 10.1. The van der Waals surface area contributed by atoms with Gasteiger partial charge in [-0.2, -0.15) is 0 Å². The summed E-state index contributed by atoms with van der Waals surface area (Å²) in [4.78, 5) is 12.0. The van der Waals surface area contributed by atoms with Crippen LogP contribution in [0.5, 0.6) is 5.75 Å². The van der Waals surface area contributed by atoms with Gasteiger partial charge in [-0.05, 0) is 49.2 Å². The molecule has 4 heteroatoms. The van der Waals surface area contributed by atoms with Gasteiger partial charge in [0.2, 0.25) is 0 Å². The number of aryl methyl sites for hydroxylation is 2. The first-order valence-electron chi connectivity index (χ1n) is 6.43. The van der Waals surface area contributed by atoms with Crippen molar-refractivity contribution in [2.45, 2.75) is 20.6 Å². The molecule has 102 valence electrons. The number of hydrogen-bond donors (Lipinski definition) is 0. The summed E-state index contributed by atoms with van der Waals surface area (Å²) in [5.41, 5.74) is 3.34. The predicted molar refractivity (Wildman–Crippen MR) is 82.6 cm³/mol. The van der Waals surface area contributed by atoms with E-state index in [2.05, 4.69) is 6.92 Å². The highest BCUT2D eigenvalue weighted by molar-refractivity contribution is 7.16. The molecule has 0 aliphatic carbocycles. The van der Waals surface area contributed by atoms with Crippen LogP contribution in [0, 0.1) is 13.8 Å². The molecule has 20 heavy (non-hydrogen) atoms. The van der Waals surface area contributed by atoms with Crippen LogP contribution < -0.4 is 9.61 Å². The first-order chi connectivity index (χ1) is 9.65. The van der Waals surface area contributed by atoms with E-state index in [1.165, 1.54) is 22.5 Å². The standard InChI is InChI=1S/C16H15NO2S/c1-11-7-8-13(9-12(11)2)19-10-17-14-5-3-4-6-15(14)20-16(17)18/h3-9H,10H2,1-2H3. The van der Waals surface area contributed by atoms with Crippen molar-refractivity contribution in [2.75, 3.05) is 0 Å². The van der Waals surface area contributed by atoms with Gasteiger partial charge < -0.3 is 4.74 Å². The normalized spacial score (nSPS) is 10.9. The first-order valence-corrected chi connectivity index (χ1v) is 7.25. The molecule has 0 aliphatic rings.